The van der Waals surface area contributed by atoms with Crippen LogP contribution >= 0.6 is 0 Å². The summed E-state index contributed by atoms with van der Waals surface area (Å²) in [6.07, 6.45) is 4.05. The Morgan fingerprint density at radius 1 is 1.47 bits per heavy atom. The molecule has 17 heavy (non-hydrogen) atoms. The number of esters is 1. The maximum Gasteiger partial charge on any atom is 0.309 e. The molecule has 4 nitrogen and oxygen atoms in total. The predicted molar refractivity (Wildman–Crippen MR) is 64.7 cm³/mol. The van der Waals surface area contributed by atoms with Gasteiger partial charge in [0.05, 0.1) is 18.6 Å². The Morgan fingerprint density at radius 2 is 2.24 bits per heavy atom. The molecule has 0 bridgehead atoms. The molecule has 0 aromatic rings. The smallest absolute Gasteiger partial charge is 0.309 e. The molecule has 98 valence electrons. The average molecular weight is 241 g/mol. The largest absolute Gasteiger partial charge is 0.466 e. The summed E-state index contributed by atoms with van der Waals surface area (Å²) in [7, 11) is 0. The van der Waals surface area contributed by atoms with E-state index in [2.05, 4.69) is 5.32 Å². The molecule has 2 aliphatic rings. The highest BCUT2D eigenvalue weighted by atomic mass is 16.5. The number of hydrogen-bond acceptors (Lipinski definition) is 4. The zero-order chi connectivity index (χ0) is 12.3. The van der Waals surface area contributed by atoms with Crippen LogP contribution in [0.3, 0.4) is 0 Å². The first-order chi connectivity index (χ1) is 8.22. The maximum atomic E-state index is 11.5. The topological polar surface area (TPSA) is 47.6 Å². The number of carbonyl (C=O) groups is 1. The average Bonchev–Trinajstić information content (AvgIpc) is 3.06. The summed E-state index contributed by atoms with van der Waals surface area (Å²) in [4.78, 5) is 11.5. The first-order valence-electron chi connectivity index (χ1n) is 6.74. The SMILES string of the molecule is CCOC(=O)C(C)CNC1CCOC1C1CC1. The Bertz CT molecular complexity index is 265. The van der Waals surface area contributed by atoms with E-state index < -0.39 is 0 Å². The van der Waals surface area contributed by atoms with Gasteiger partial charge in [0.2, 0.25) is 0 Å². The van der Waals surface area contributed by atoms with E-state index in [4.69, 9.17) is 9.47 Å². The van der Waals surface area contributed by atoms with Gasteiger partial charge in [0.1, 0.15) is 0 Å². The van der Waals surface area contributed by atoms with Crippen LogP contribution < -0.4 is 5.32 Å². The lowest BCUT2D eigenvalue weighted by atomic mass is 10.1. The molecular weight excluding hydrogens is 218 g/mol. The summed E-state index contributed by atoms with van der Waals surface area (Å²) >= 11 is 0. The molecular formula is C13H23NO3. The summed E-state index contributed by atoms with van der Waals surface area (Å²) in [5.41, 5.74) is 0. The monoisotopic (exact) mass is 241 g/mol. The zero-order valence-corrected chi connectivity index (χ0v) is 10.8. The van der Waals surface area contributed by atoms with Crippen LogP contribution in [0.2, 0.25) is 0 Å². The van der Waals surface area contributed by atoms with Crippen LogP contribution in [-0.4, -0.2) is 37.9 Å². The highest BCUT2D eigenvalue weighted by molar-refractivity contribution is 5.72. The third-order valence-corrected chi connectivity index (χ3v) is 3.60. The number of carbonyl (C=O) groups excluding carboxylic acids is 1. The van der Waals surface area contributed by atoms with Crippen molar-refractivity contribution in [3.8, 4) is 0 Å². The fourth-order valence-corrected chi connectivity index (χ4v) is 2.42. The Labute approximate surface area is 103 Å². The lowest BCUT2D eigenvalue weighted by molar-refractivity contribution is -0.147. The van der Waals surface area contributed by atoms with Crippen LogP contribution in [0.15, 0.2) is 0 Å². The van der Waals surface area contributed by atoms with Gasteiger partial charge in [0.25, 0.3) is 0 Å². The Balaban J connectivity index is 1.71. The number of hydrogen-bond donors (Lipinski definition) is 1. The third kappa shape index (κ3) is 3.42. The van der Waals surface area contributed by atoms with Crippen LogP contribution in [0.25, 0.3) is 0 Å². The molecule has 0 aromatic carbocycles. The van der Waals surface area contributed by atoms with Gasteiger partial charge in [-0.15, -0.1) is 0 Å². The quantitative estimate of drug-likeness (QED) is 0.713. The maximum absolute atomic E-state index is 11.5. The molecule has 0 amide bonds. The molecule has 1 saturated carbocycles. The number of ether oxygens (including phenoxy) is 2. The second-order valence-electron chi connectivity index (χ2n) is 5.13. The molecule has 2 fully saturated rings. The summed E-state index contributed by atoms with van der Waals surface area (Å²) in [5, 5.41) is 3.47. The van der Waals surface area contributed by atoms with Crippen molar-refractivity contribution in [1.29, 1.82) is 0 Å². The van der Waals surface area contributed by atoms with Crippen molar-refractivity contribution in [1.82, 2.24) is 5.32 Å². The molecule has 3 unspecified atom stereocenters. The van der Waals surface area contributed by atoms with E-state index in [1.54, 1.807) is 0 Å². The molecule has 1 heterocycles. The van der Waals surface area contributed by atoms with Crippen molar-refractivity contribution in [3.05, 3.63) is 0 Å². The molecule has 4 heteroatoms. The zero-order valence-electron chi connectivity index (χ0n) is 10.8. The Morgan fingerprint density at radius 3 is 2.88 bits per heavy atom. The van der Waals surface area contributed by atoms with Crippen LogP contribution in [0.5, 0.6) is 0 Å². The molecule has 1 N–H and O–H groups in total. The van der Waals surface area contributed by atoms with Crippen molar-refractivity contribution in [2.75, 3.05) is 19.8 Å². The van der Waals surface area contributed by atoms with Crippen molar-refractivity contribution < 1.29 is 14.3 Å². The summed E-state index contributed by atoms with van der Waals surface area (Å²) in [5.74, 6) is 0.574. The molecule has 0 spiro atoms. The molecule has 0 aromatic heterocycles. The van der Waals surface area contributed by atoms with Crippen LogP contribution in [0, 0.1) is 11.8 Å². The van der Waals surface area contributed by atoms with Gasteiger partial charge in [-0.2, -0.15) is 0 Å². The molecule has 1 aliphatic heterocycles. The third-order valence-electron chi connectivity index (χ3n) is 3.60. The van der Waals surface area contributed by atoms with Gasteiger partial charge >= 0.3 is 5.97 Å². The van der Waals surface area contributed by atoms with E-state index in [0.29, 0.717) is 25.3 Å². The summed E-state index contributed by atoms with van der Waals surface area (Å²) < 4.78 is 10.7. The molecule has 2 rings (SSSR count). The van der Waals surface area contributed by atoms with Crippen molar-refractivity contribution >= 4 is 5.97 Å². The van der Waals surface area contributed by atoms with Crippen molar-refractivity contribution in [3.63, 3.8) is 0 Å². The summed E-state index contributed by atoms with van der Waals surface area (Å²) in [6.45, 7) is 5.75. The van der Waals surface area contributed by atoms with Gasteiger partial charge in [0.15, 0.2) is 0 Å². The highest BCUT2D eigenvalue weighted by Crippen LogP contribution is 2.38. The normalized spacial score (nSPS) is 30.2. The number of rotatable bonds is 6. The standard InChI is InChI=1S/C13H23NO3/c1-3-16-13(15)9(2)8-14-11-6-7-17-12(11)10-4-5-10/h9-12,14H,3-8H2,1-2H3. The van der Waals surface area contributed by atoms with Gasteiger partial charge < -0.3 is 14.8 Å². The Hall–Kier alpha value is -0.610. The van der Waals surface area contributed by atoms with Gasteiger partial charge in [-0.1, -0.05) is 6.92 Å². The highest BCUT2D eigenvalue weighted by Gasteiger charge is 2.40. The molecule has 3 atom stereocenters. The van der Waals surface area contributed by atoms with E-state index in [-0.39, 0.29) is 11.9 Å². The first-order valence-corrected chi connectivity index (χ1v) is 6.74. The van der Waals surface area contributed by atoms with E-state index in [1.165, 1.54) is 12.8 Å². The minimum Gasteiger partial charge on any atom is -0.466 e. The molecule has 1 aliphatic carbocycles. The summed E-state index contributed by atoms with van der Waals surface area (Å²) in [6, 6.07) is 0.430. The lowest BCUT2D eigenvalue weighted by Crippen LogP contribution is -2.41. The van der Waals surface area contributed by atoms with Gasteiger partial charge in [-0.25, -0.2) is 0 Å². The predicted octanol–water partition coefficient (Wildman–Crippen LogP) is 1.34. The second kappa shape index (κ2) is 5.83. The van der Waals surface area contributed by atoms with E-state index in [1.807, 2.05) is 13.8 Å². The fraction of sp³-hybridized carbons (Fsp3) is 0.923. The van der Waals surface area contributed by atoms with E-state index >= 15 is 0 Å². The van der Waals surface area contributed by atoms with E-state index in [0.717, 1.165) is 18.9 Å². The first kappa shape index (κ1) is 12.8. The minimum atomic E-state index is -0.109. The minimum absolute atomic E-state index is 0.0737. The van der Waals surface area contributed by atoms with Crippen LogP contribution in [0.4, 0.5) is 0 Å². The van der Waals surface area contributed by atoms with Crippen LogP contribution in [0.1, 0.15) is 33.1 Å². The van der Waals surface area contributed by atoms with Crippen molar-refractivity contribution in [2.45, 2.75) is 45.3 Å². The van der Waals surface area contributed by atoms with Gasteiger partial charge in [-0.3, -0.25) is 4.79 Å². The second-order valence-corrected chi connectivity index (χ2v) is 5.13. The molecule has 0 radical (unpaired) electrons. The van der Waals surface area contributed by atoms with Gasteiger partial charge in [-0.05, 0) is 32.1 Å². The molecule has 1 saturated heterocycles. The van der Waals surface area contributed by atoms with E-state index in [9.17, 15) is 4.79 Å². The fourth-order valence-electron chi connectivity index (χ4n) is 2.42. The Kier molecular flexibility index (Phi) is 4.40. The van der Waals surface area contributed by atoms with Crippen molar-refractivity contribution in [2.24, 2.45) is 11.8 Å². The number of nitrogens with one attached hydrogen (secondary N) is 1. The van der Waals surface area contributed by atoms with Crippen LogP contribution in [-0.2, 0) is 14.3 Å². The lowest BCUT2D eigenvalue weighted by Gasteiger charge is -2.21. The van der Waals surface area contributed by atoms with Gasteiger partial charge in [0, 0.05) is 19.2 Å².